The number of unbranched alkanes of at least 4 members (excludes halogenated alkanes) is 10. The van der Waals surface area contributed by atoms with Crippen molar-refractivity contribution in [2.45, 2.75) is 123 Å². The van der Waals surface area contributed by atoms with Crippen LogP contribution in [-0.4, -0.2) is 0 Å². The third-order valence-corrected chi connectivity index (χ3v) is 9.54. The summed E-state index contributed by atoms with van der Waals surface area (Å²) in [5, 5.41) is 0. The lowest BCUT2D eigenvalue weighted by molar-refractivity contribution is 0.598. The summed E-state index contributed by atoms with van der Waals surface area (Å²) < 4.78 is 0. The minimum atomic E-state index is 0.672. The van der Waals surface area contributed by atoms with E-state index in [1.807, 2.05) is 24.3 Å². The van der Waals surface area contributed by atoms with Crippen molar-refractivity contribution in [1.82, 2.24) is 0 Å². The monoisotopic (exact) mass is 602 g/mol. The summed E-state index contributed by atoms with van der Waals surface area (Å²) >= 11 is 0. The van der Waals surface area contributed by atoms with Crippen molar-refractivity contribution in [3.63, 3.8) is 0 Å². The number of hydrogen-bond donors (Lipinski definition) is 2. The molecule has 0 aliphatic heterocycles. The maximum atomic E-state index is 5.92. The Bertz CT molecular complexity index is 1420. The number of para-hydroxylation sites is 1. The number of benzene rings is 4. The molecule has 0 spiro atoms. The molecule has 1 aliphatic rings. The molecule has 2 heteroatoms. The van der Waals surface area contributed by atoms with Gasteiger partial charge in [0, 0.05) is 0 Å². The minimum absolute atomic E-state index is 0.672. The first-order valence-corrected chi connectivity index (χ1v) is 18.0. The predicted molar refractivity (Wildman–Crippen MR) is 198 cm³/mol. The fourth-order valence-electron chi connectivity index (χ4n) is 6.82. The molecule has 0 radical (unpaired) electrons. The van der Waals surface area contributed by atoms with Crippen molar-refractivity contribution in [2.75, 3.05) is 11.5 Å². The molecule has 2 nitrogen and oxygen atoms in total. The molecule has 0 unspecified atom stereocenters. The van der Waals surface area contributed by atoms with Gasteiger partial charge >= 0.3 is 0 Å². The quantitative estimate of drug-likeness (QED) is 0.0821. The topological polar surface area (TPSA) is 52.0 Å². The predicted octanol–water partition coefficient (Wildman–Crippen LogP) is 11.7. The second-order valence-corrected chi connectivity index (χ2v) is 13.0. The molecule has 0 amide bonds. The first kappa shape index (κ1) is 34.4. The summed E-state index contributed by atoms with van der Waals surface area (Å²) in [6, 6.07) is 30.2. The van der Waals surface area contributed by atoms with Crippen molar-refractivity contribution >= 4 is 11.4 Å². The highest BCUT2D eigenvalue weighted by Gasteiger charge is 2.22. The van der Waals surface area contributed by atoms with E-state index in [4.69, 9.17) is 11.5 Å². The van der Waals surface area contributed by atoms with Crippen LogP contribution in [0.1, 0.15) is 124 Å². The molecular formula is C43H58N2. The molecule has 0 bridgehead atoms. The van der Waals surface area contributed by atoms with E-state index in [0.29, 0.717) is 5.69 Å². The third kappa shape index (κ3) is 10.5. The molecular weight excluding hydrogens is 544 g/mol. The van der Waals surface area contributed by atoms with Gasteiger partial charge in [-0.05, 0) is 95.5 Å². The second-order valence-electron chi connectivity index (χ2n) is 13.0. The van der Waals surface area contributed by atoms with Crippen molar-refractivity contribution in [1.29, 1.82) is 0 Å². The van der Waals surface area contributed by atoms with Crippen LogP contribution in [-0.2, 0) is 32.1 Å². The number of nitrogen functional groups attached to an aromatic ring is 2. The zero-order valence-electron chi connectivity index (χ0n) is 28.3. The van der Waals surface area contributed by atoms with Gasteiger partial charge in [-0.15, -0.1) is 0 Å². The maximum absolute atomic E-state index is 5.92. The zero-order valence-corrected chi connectivity index (χ0v) is 28.3. The standard InChI is InChI=1S/C29H42.C14H16N2/c1-3-5-7-9-11-13-17-24-21-22-28-27-20-16-15-18-25(27)23-29(28)26(24)19-14-12-10-8-6-4-2;15-13-8-4-7-12(14(13)16)10-9-11-5-2-1-3-6-11/h15-16,18,20-22H,3-14,17,19,23H2,1-2H3;1-8H,9-10,15-16H2. The van der Waals surface area contributed by atoms with Gasteiger partial charge in [0.05, 0.1) is 11.4 Å². The van der Waals surface area contributed by atoms with E-state index in [9.17, 15) is 0 Å². The van der Waals surface area contributed by atoms with E-state index in [1.54, 1.807) is 16.7 Å². The third-order valence-electron chi connectivity index (χ3n) is 9.54. The highest BCUT2D eigenvalue weighted by atomic mass is 14.7. The van der Waals surface area contributed by atoms with Crippen molar-refractivity contribution in [3.05, 3.63) is 118 Å². The highest BCUT2D eigenvalue weighted by Crippen LogP contribution is 2.40. The molecule has 45 heavy (non-hydrogen) atoms. The highest BCUT2D eigenvalue weighted by molar-refractivity contribution is 5.78. The van der Waals surface area contributed by atoms with E-state index >= 15 is 0 Å². The number of hydrogen-bond acceptors (Lipinski definition) is 2. The van der Waals surface area contributed by atoms with Crippen molar-refractivity contribution < 1.29 is 0 Å². The van der Waals surface area contributed by atoms with Gasteiger partial charge in [0.2, 0.25) is 0 Å². The molecule has 0 heterocycles. The Hall–Kier alpha value is -3.52. The Labute approximate surface area is 274 Å². The van der Waals surface area contributed by atoms with Crippen molar-refractivity contribution in [3.8, 4) is 11.1 Å². The lowest BCUT2D eigenvalue weighted by atomic mass is 9.89. The largest absolute Gasteiger partial charge is 0.397 e. The lowest BCUT2D eigenvalue weighted by Gasteiger charge is -2.15. The van der Waals surface area contributed by atoms with Crippen LogP contribution in [0.3, 0.4) is 0 Å². The summed E-state index contributed by atoms with van der Waals surface area (Å²) in [5.41, 5.74) is 25.1. The Morgan fingerprint density at radius 2 is 1.13 bits per heavy atom. The van der Waals surface area contributed by atoms with Crippen LogP contribution in [0, 0.1) is 0 Å². The van der Waals surface area contributed by atoms with Crippen LogP contribution >= 0.6 is 0 Å². The van der Waals surface area contributed by atoms with Crippen LogP contribution < -0.4 is 11.5 Å². The first-order chi connectivity index (χ1) is 22.1. The number of anilines is 2. The lowest BCUT2D eigenvalue weighted by Crippen LogP contribution is -2.01. The zero-order chi connectivity index (χ0) is 31.7. The number of rotatable bonds is 17. The molecule has 0 saturated heterocycles. The van der Waals surface area contributed by atoms with E-state index in [0.717, 1.165) is 30.5 Å². The number of aryl methyl sites for hydroxylation is 3. The molecule has 0 saturated carbocycles. The molecule has 0 fully saturated rings. The van der Waals surface area contributed by atoms with Gasteiger partial charge in [-0.2, -0.15) is 0 Å². The normalized spacial score (nSPS) is 11.5. The van der Waals surface area contributed by atoms with E-state index < -0.39 is 0 Å². The first-order valence-electron chi connectivity index (χ1n) is 18.0. The van der Waals surface area contributed by atoms with Gasteiger partial charge < -0.3 is 11.5 Å². The fraction of sp³-hybridized carbons (Fsp3) is 0.442. The molecule has 4 N–H and O–H groups in total. The van der Waals surface area contributed by atoms with E-state index in [2.05, 4.69) is 74.5 Å². The Morgan fingerprint density at radius 3 is 1.87 bits per heavy atom. The van der Waals surface area contributed by atoms with Crippen LogP contribution in [0.5, 0.6) is 0 Å². The fourth-order valence-corrected chi connectivity index (χ4v) is 6.82. The molecule has 0 aromatic heterocycles. The molecule has 4 aromatic carbocycles. The summed E-state index contributed by atoms with van der Waals surface area (Å²) in [4.78, 5) is 0. The Balaban J connectivity index is 0.000000242. The molecule has 240 valence electrons. The summed E-state index contributed by atoms with van der Waals surface area (Å²) in [5.74, 6) is 0. The minimum Gasteiger partial charge on any atom is -0.397 e. The van der Waals surface area contributed by atoms with Crippen LogP contribution in [0.2, 0.25) is 0 Å². The second kappa shape index (κ2) is 19.1. The van der Waals surface area contributed by atoms with E-state index in [-0.39, 0.29) is 0 Å². The SMILES string of the molecule is CCCCCCCCc1ccc2c(c1CCCCCCCC)Cc1ccccc1-2.Nc1cccc(CCc2ccccc2)c1N. The summed E-state index contributed by atoms with van der Waals surface area (Å²) in [7, 11) is 0. The van der Waals surface area contributed by atoms with Gasteiger partial charge in [-0.1, -0.05) is 157 Å². The van der Waals surface area contributed by atoms with Crippen LogP contribution in [0.4, 0.5) is 11.4 Å². The average molecular weight is 603 g/mol. The van der Waals surface area contributed by atoms with E-state index in [1.165, 1.54) is 112 Å². The number of nitrogens with two attached hydrogens (primary N) is 2. The molecule has 5 rings (SSSR count). The van der Waals surface area contributed by atoms with Gasteiger partial charge in [-0.25, -0.2) is 0 Å². The number of fused-ring (bicyclic) bond motifs is 3. The summed E-state index contributed by atoms with van der Waals surface area (Å²) in [6.45, 7) is 4.61. The molecule has 1 aliphatic carbocycles. The Kier molecular flexibility index (Phi) is 14.6. The van der Waals surface area contributed by atoms with Crippen LogP contribution in [0.25, 0.3) is 11.1 Å². The van der Waals surface area contributed by atoms with Crippen LogP contribution in [0.15, 0.2) is 84.9 Å². The molecule has 4 aromatic rings. The van der Waals surface area contributed by atoms with Gasteiger partial charge in [0.1, 0.15) is 0 Å². The Morgan fingerprint density at radius 1 is 0.489 bits per heavy atom. The average Bonchev–Trinajstić information content (AvgIpc) is 3.45. The smallest absolute Gasteiger partial charge is 0.0580 e. The summed E-state index contributed by atoms with van der Waals surface area (Å²) in [6.07, 6.45) is 22.3. The van der Waals surface area contributed by atoms with Gasteiger partial charge in [0.15, 0.2) is 0 Å². The maximum Gasteiger partial charge on any atom is 0.0580 e. The van der Waals surface area contributed by atoms with Gasteiger partial charge in [-0.3, -0.25) is 0 Å². The molecule has 0 atom stereocenters. The van der Waals surface area contributed by atoms with Crippen molar-refractivity contribution in [2.24, 2.45) is 0 Å². The van der Waals surface area contributed by atoms with Gasteiger partial charge in [0.25, 0.3) is 0 Å².